The van der Waals surface area contributed by atoms with Crippen molar-refractivity contribution in [2.24, 2.45) is 0 Å². The highest BCUT2D eigenvalue weighted by Gasteiger charge is 2.02. The lowest BCUT2D eigenvalue weighted by atomic mass is 10.2. The van der Waals surface area contributed by atoms with Gasteiger partial charge in [0.15, 0.2) is 5.15 Å². The predicted octanol–water partition coefficient (Wildman–Crippen LogP) is 5.29. The van der Waals surface area contributed by atoms with E-state index in [1.165, 1.54) is 0 Å². The number of anilines is 1. The maximum Gasteiger partial charge on any atom is 0.152 e. The van der Waals surface area contributed by atoms with E-state index in [4.69, 9.17) is 16.3 Å². The smallest absolute Gasteiger partial charge is 0.152 e. The molecule has 0 aliphatic carbocycles. The summed E-state index contributed by atoms with van der Waals surface area (Å²) in [6.07, 6.45) is 3.90. The second-order valence-corrected chi connectivity index (χ2v) is 5.97. The molecule has 0 atom stereocenters. The third kappa shape index (κ3) is 5.21. The van der Waals surface area contributed by atoms with E-state index < -0.39 is 0 Å². The number of aromatic nitrogens is 1. The molecule has 2 aromatic rings. The van der Waals surface area contributed by atoms with Gasteiger partial charge in [0.05, 0.1) is 12.3 Å². The van der Waals surface area contributed by atoms with Gasteiger partial charge in [0.2, 0.25) is 0 Å². The first kappa shape index (κ1) is 16.1. The lowest BCUT2D eigenvalue weighted by molar-refractivity contribution is 0.309. The molecule has 5 heteroatoms. The van der Waals surface area contributed by atoms with Gasteiger partial charge in [-0.3, -0.25) is 0 Å². The van der Waals surface area contributed by atoms with Crippen LogP contribution in [0.25, 0.3) is 0 Å². The number of halogens is 2. The predicted molar refractivity (Wildman–Crippen MR) is 91.1 cm³/mol. The third-order valence-corrected chi connectivity index (χ3v) is 3.71. The monoisotopic (exact) mass is 368 g/mol. The fourth-order valence-corrected chi connectivity index (χ4v) is 2.28. The highest BCUT2D eigenvalue weighted by Crippen LogP contribution is 2.23. The zero-order valence-corrected chi connectivity index (χ0v) is 14.2. The van der Waals surface area contributed by atoms with Gasteiger partial charge in [-0.1, -0.05) is 37.1 Å². The average Bonchev–Trinajstić information content (AvgIpc) is 2.50. The number of hydrogen-bond donors (Lipinski definition) is 1. The van der Waals surface area contributed by atoms with E-state index in [0.717, 1.165) is 40.9 Å². The fraction of sp³-hybridized carbons (Fsp3) is 0.312. The van der Waals surface area contributed by atoms with E-state index in [9.17, 15) is 0 Å². The van der Waals surface area contributed by atoms with Crippen LogP contribution in [0, 0.1) is 0 Å². The second-order valence-electron chi connectivity index (χ2n) is 4.69. The summed E-state index contributed by atoms with van der Waals surface area (Å²) < 4.78 is 6.54. The van der Waals surface area contributed by atoms with E-state index in [1.54, 1.807) is 6.20 Å². The number of pyridine rings is 1. The first-order valence-corrected chi connectivity index (χ1v) is 8.13. The van der Waals surface area contributed by atoms with Gasteiger partial charge in [0, 0.05) is 17.2 Å². The summed E-state index contributed by atoms with van der Waals surface area (Å²) in [6, 6.07) is 10.00. The van der Waals surface area contributed by atoms with Gasteiger partial charge in [-0.25, -0.2) is 4.98 Å². The molecule has 112 valence electrons. The molecule has 1 N–H and O–H groups in total. The lowest BCUT2D eigenvalue weighted by Crippen LogP contribution is -2.01. The van der Waals surface area contributed by atoms with Crippen molar-refractivity contribution in [2.45, 2.75) is 26.3 Å². The molecule has 1 aromatic heterocycles. The zero-order valence-electron chi connectivity index (χ0n) is 11.9. The molecule has 2 rings (SSSR count). The Morgan fingerprint density at radius 3 is 2.76 bits per heavy atom. The molecule has 0 radical (unpaired) electrons. The quantitative estimate of drug-likeness (QED) is 0.532. The van der Waals surface area contributed by atoms with E-state index >= 15 is 0 Å². The van der Waals surface area contributed by atoms with E-state index in [2.05, 4.69) is 33.2 Å². The van der Waals surface area contributed by atoms with Gasteiger partial charge in [0.25, 0.3) is 0 Å². The van der Waals surface area contributed by atoms with Crippen LogP contribution in [0.3, 0.4) is 0 Å². The van der Waals surface area contributed by atoms with Crippen LogP contribution in [0.15, 0.2) is 41.0 Å². The van der Waals surface area contributed by atoms with Gasteiger partial charge < -0.3 is 10.1 Å². The molecule has 0 saturated carbocycles. The normalized spacial score (nSPS) is 10.4. The van der Waals surface area contributed by atoms with Gasteiger partial charge >= 0.3 is 0 Å². The van der Waals surface area contributed by atoms with Crippen molar-refractivity contribution in [3.63, 3.8) is 0 Å². The van der Waals surface area contributed by atoms with Gasteiger partial charge in [-0.15, -0.1) is 0 Å². The Morgan fingerprint density at radius 2 is 2.05 bits per heavy atom. The summed E-state index contributed by atoms with van der Waals surface area (Å²) >= 11 is 9.43. The molecule has 1 heterocycles. The first-order valence-electron chi connectivity index (χ1n) is 6.95. The van der Waals surface area contributed by atoms with E-state index in [1.807, 2.05) is 30.3 Å². The molecule has 1 aromatic carbocycles. The molecule has 0 fully saturated rings. The van der Waals surface area contributed by atoms with Crippen LogP contribution in [0.2, 0.25) is 5.15 Å². The van der Waals surface area contributed by atoms with Gasteiger partial charge in [-0.2, -0.15) is 0 Å². The number of benzene rings is 1. The molecule has 0 unspecified atom stereocenters. The Kier molecular flexibility index (Phi) is 6.33. The number of ether oxygens (including phenoxy) is 1. The summed E-state index contributed by atoms with van der Waals surface area (Å²) in [7, 11) is 0. The van der Waals surface area contributed by atoms with Gasteiger partial charge in [0.1, 0.15) is 5.75 Å². The molecular weight excluding hydrogens is 352 g/mol. The highest BCUT2D eigenvalue weighted by molar-refractivity contribution is 9.10. The molecule has 0 bridgehead atoms. The van der Waals surface area contributed by atoms with Crippen molar-refractivity contribution in [1.82, 2.24) is 4.98 Å². The van der Waals surface area contributed by atoms with Gasteiger partial charge in [-0.05, 0) is 46.1 Å². The standard InChI is InChI=1S/C16H18BrClN2O/c1-2-3-8-21-14-6-4-12(5-7-14)10-19-15-9-13(17)11-20-16(15)18/h4-7,9,11,19H,2-3,8,10H2,1H3. The molecular formula is C16H18BrClN2O. The summed E-state index contributed by atoms with van der Waals surface area (Å²) in [6.45, 7) is 3.61. The van der Waals surface area contributed by atoms with Crippen LogP contribution in [-0.4, -0.2) is 11.6 Å². The van der Waals surface area contributed by atoms with Crippen molar-refractivity contribution in [3.8, 4) is 5.75 Å². The lowest BCUT2D eigenvalue weighted by Gasteiger charge is -2.09. The number of hydrogen-bond acceptors (Lipinski definition) is 3. The minimum absolute atomic E-state index is 0.470. The van der Waals surface area contributed by atoms with Crippen molar-refractivity contribution in [2.75, 3.05) is 11.9 Å². The topological polar surface area (TPSA) is 34.1 Å². The van der Waals surface area contributed by atoms with Crippen LogP contribution in [0.4, 0.5) is 5.69 Å². The van der Waals surface area contributed by atoms with Crippen LogP contribution >= 0.6 is 27.5 Å². The third-order valence-electron chi connectivity index (χ3n) is 2.98. The van der Waals surface area contributed by atoms with Crippen LogP contribution in [0.1, 0.15) is 25.3 Å². The number of nitrogens with one attached hydrogen (secondary N) is 1. The van der Waals surface area contributed by atoms with E-state index in [-0.39, 0.29) is 0 Å². The Bertz CT molecular complexity index is 575. The van der Waals surface area contributed by atoms with Crippen molar-refractivity contribution in [3.05, 3.63) is 51.7 Å². The van der Waals surface area contributed by atoms with E-state index in [0.29, 0.717) is 11.7 Å². The summed E-state index contributed by atoms with van der Waals surface area (Å²) in [5.74, 6) is 0.911. The maximum absolute atomic E-state index is 6.04. The Morgan fingerprint density at radius 1 is 1.29 bits per heavy atom. The van der Waals surface area contributed by atoms with Crippen molar-refractivity contribution in [1.29, 1.82) is 0 Å². The zero-order chi connectivity index (χ0) is 15.1. The number of nitrogens with zero attached hydrogens (tertiary/aromatic N) is 1. The Balaban J connectivity index is 1.90. The molecule has 0 amide bonds. The van der Waals surface area contributed by atoms with Crippen molar-refractivity contribution >= 4 is 33.2 Å². The average molecular weight is 370 g/mol. The first-order chi connectivity index (χ1) is 10.2. The molecule has 0 spiro atoms. The minimum Gasteiger partial charge on any atom is -0.494 e. The largest absolute Gasteiger partial charge is 0.494 e. The molecule has 3 nitrogen and oxygen atoms in total. The van der Waals surface area contributed by atoms with Crippen LogP contribution < -0.4 is 10.1 Å². The summed E-state index contributed by atoms with van der Waals surface area (Å²) in [4.78, 5) is 4.08. The molecule has 0 aliphatic heterocycles. The summed E-state index contributed by atoms with van der Waals surface area (Å²) in [5.41, 5.74) is 1.98. The van der Waals surface area contributed by atoms with Crippen molar-refractivity contribution < 1.29 is 4.74 Å². The van der Waals surface area contributed by atoms with Crippen LogP contribution in [0.5, 0.6) is 5.75 Å². The summed E-state index contributed by atoms with van der Waals surface area (Å²) in [5, 5.41) is 3.75. The number of rotatable bonds is 7. The Hall–Kier alpha value is -1.26. The van der Waals surface area contributed by atoms with Crippen LogP contribution in [-0.2, 0) is 6.54 Å². The molecule has 21 heavy (non-hydrogen) atoms. The molecule has 0 aliphatic rings. The SMILES string of the molecule is CCCCOc1ccc(CNc2cc(Br)cnc2Cl)cc1. The Labute approximate surface area is 138 Å². The fourth-order valence-electron chi connectivity index (χ4n) is 1.78. The molecule has 0 saturated heterocycles. The number of unbranched alkanes of at least 4 members (excludes halogenated alkanes) is 1. The highest BCUT2D eigenvalue weighted by atomic mass is 79.9. The maximum atomic E-state index is 6.04. The second kappa shape index (κ2) is 8.25. The minimum atomic E-state index is 0.470.